The van der Waals surface area contributed by atoms with E-state index in [1.54, 1.807) is 24.3 Å². The van der Waals surface area contributed by atoms with Gasteiger partial charge in [-0.25, -0.2) is 9.19 Å². The smallest absolute Gasteiger partial charge is 0.450 e. The fraction of sp³-hybridized carbons (Fsp3) is 0.214. The van der Waals surface area contributed by atoms with Gasteiger partial charge < -0.3 is 8.94 Å². The molecule has 0 N–H and O–H groups in total. The molecule has 7 nitrogen and oxygen atoms in total. The summed E-state index contributed by atoms with van der Waals surface area (Å²) in [4.78, 5) is 7.13. The van der Waals surface area contributed by atoms with Crippen LogP contribution in [-0.2, 0) is 22.3 Å². The molecular formula is C14H11F3N4O3S. The van der Waals surface area contributed by atoms with Crippen LogP contribution in [0.15, 0.2) is 55.3 Å². The average molecular weight is 372 g/mol. The SMILES string of the molecule is CS(=O)(=Nc1ccc(Cc2noc(C(F)(F)F)n2)cc1)c1cocn1. The monoisotopic (exact) mass is 372 g/mol. The van der Waals surface area contributed by atoms with Gasteiger partial charge in [-0.15, -0.1) is 0 Å². The number of rotatable bonds is 4. The van der Waals surface area contributed by atoms with E-state index in [2.05, 4.69) is 24.0 Å². The Labute approximate surface area is 140 Å². The Morgan fingerprint density at radius 2 is 1.96 bits per heavy atom. The van der Waals surface area contributed by atoms with Gasteiger partial charge in [-0.1, -0.05) is 17.3 Å². The molecule has 0 aliphatic heterocycles. The first-order valence-electron chi connectivity index (χ1n) is 6.83. The summed E-state index contributed by atoms with van der Waals surface area (Å²) in [6, 6.07) is 6.42. The quantitative estimate of drug-likeness (QED) is 0.696. The van der Waals surface area contributed by atoms with Gasteiger partial charge >= 0.3 is 12.1 Å². The molecule has 11 heteroatoms. The van der Waals surface area contributed by atoms with Crippen LogP contribution in [0.25, 0.3) is 0 Å². The Morgan fingerprint density at radius 3 is 2.52 bits per heavy atom. The zero-order valence-electron chi connectivity index (χ0n) is 12.7. The molecule has 3 aromatic rings. The lowest BCUT2D eigenvalue weighted by atomic mass is 10.1. The maximum Gasteiger partial charge on any atom is 0.471 e. The number of alkyl halides is 3. The highest BCUT2D eigenvalue weighted by molar-refractivity contribution is 7.93. The topological polar surface area (TPSA) is 94.4 Å². The van der Waals surface area contributed by atoms with E-state index >= 15 is 0 Å². The van der Waals surface area contributed by atoms with Crippen molar-refractivity contribution < 1.29 is 26.3 Å². The van der Waals surface area contributed by atoms with Crippen LogP contribution >= 0.6 is 0 Å². The van der Waals surface area contributed by atoms with Crippen LogP contribution in [0.1, 0.15) is 17.3 Å². The van der Waals surface area contributed by atoms with E-state index in [0.29, 0.717) is 11.3 Å². The minimum Gasteiger partial charge on any atom is -0.450 e. The summed E-state index contributed by atoms with van der Waals surface area (Å²) in [5, 5.41) is 3.52. The van der Waals surface area contributed by atoms with Crippen molar-refractivity contribution in [1.82, 2.24) is 15.1 Å². The Morgan fingerprint density at radius 1 is 1.24 bits per heavy atom. The average Bonchev–Trinajstić information content (AvgIpc) is 3.19. The van der Waals surface area contributed by atoms with Crippen LogP contribution in [0.5, 0.6) is 0 Å². The molecule has 1 unspecified atom stereocenters. The molecule has 2 aromatic heterocycles. The lowest BCUT2D eigenvalue weighted by Gasteiger charge is -2.01. The van der Waals surface area contributed by atoms with Gasteiger partial charge in [0, 0.05) is 12.7 Å². The highest BCUT2D eigenvalue weighted by Crippen LogP contribution is 2.27. The minimum atomic E-state index is -4.67. The molecule has 2 heterocycles. The number of hydrogen-bond acceptors (Lipinski definition) is 7. The van der Waals surface area contributed by atoms with Crippen LogP contribution in [0.4, 0.5) is 18.9 Å². The summed E-state index contributed by atoms with van der Waals surface area (Å²) >= 11 is 0. The van der Waals surface area contributed by atoms with Gasteiger partial charge in [0.2, 0.25) is 0 Å². The largest absolute Gasteiger partial charge is 0.471 e. The third-order valence-corrected chi connectivity index (χ3v) is 4.62. The first kappa shape index (κ1) is 17.1. The van der Waals surface area contributed by atoms with E-state index < -0.39 is 21.8 Å². The standard InChI is InChI=1S/C14H11F3N4O3S/c1-25(22,12-7-23-8-18-12)21-10-4-2-9(3-5-10)6-11-19-13(24-20-11)14(15,16)17/h2-5,7-8H,6H2,1H3. The van der Waals surface area contributed by atoms with Crippen molar-refractivity contribution in [3.05, 3.63) is 54.2 Å². The molecule has 0 saturated carbocycles. The molecule has 0 amide bonds. The van der Waals surface area contributed by atoms with Crippen molar-refractivity contribution in [2.75, 3.05) is 6.26 Å². The molecule has 0 radical (unpaired) electrons. The fourth-order valence-electron chi connectivity index (χ4n) is 1.93. The molecule has 0 aliphatic carbocycles. The molecule has 25 heavy (non-hydrogen) atoms. The van der Waals surface area contributed by atoms with E-state index in [4.69, 9.17) is 4.42 Å². The minimum absolute atomic E-state index is 0.0602. The summed E-state index contributed by atoms with van der Waals surface area (Å²) < 4.78 is 62.8. The summed E-state index contributed by atoms with van der Waals surface area (Å²) in [5.41, 5.74) is 1.08. The van der Waals surface area contributed by atoms with Crippen molar-refractivity contribution in [2.45, 2.75) is 17.6 Å². The Hall–Kier alpha value is -2.69. The molecule has 1 aromatic carbocycles. The normalized spacial score (nSPS) is 14.2. The molecule has 0 fully saturated rings. The van der Waals surface area contributed by atoms with Gasteiger partial charge in [0.05, 0.1) is 15.4 Å². The van der Waals surface area contributed by atoms with Gasteiger partial charge in [-0.2, -0.15) is 22.5 Å². The zero-order valence-corrected chi connectivity index (χ0v) is 13.5. The van der Waals surface area contributed by atoms with E-state index in [1.165, 1.54) is 12.5 Å². The number of oxazole rings is 1. The van der Waals surface area contributed by atoms with Crippen molar-refractivity contribution >= 4 is 15.4 Å². The molecular weight excluding hydrogens is 361 g/mol. The van der Waals surface area contributed by atoms with E-state index in [9.17, 15) is 17.4 Å². The number of halogens is 3. The number of hydrogen-bond donors (Lipinski definition) is 0. The highest BCUT2D eigenvalue weighted by Gasteiger charge is 2.38. The summed E-state index contributed by atoms with van der Waals surface area (Å²) in [5.74, 6) is -1.47. The van der Waals surface area contributed by atoms with Gasteiger partial charge in [0.15, 0.2) is 17.2 Å². The molecule has 0 aliphatic rings. The number of benzene rings is 1. The predicted octanol–water partition coefficient (Wildman–Crippen LogP) is 3.46. The fourth-order valence-corrected chi connectivity index (χ4v) is 3.02. The molecule has 0 spiro atoms. The highest BCUT2D eigenvalue weighted by atomic mass is 32.2. The summed E-state index contributed by atoms with van der Waals surface area (Å²) in [6.45, 7) is 0. The predicted molar refractivity (Wildman–Crippen MR) is 79.5 cm³/mol. The van der Waals surface area contributed by atoms with Crippen molar-refractivity contribution in [2.24, 2.45) is 4.36 Å². The second kappa shape index (κ2) is 6.31. The maximum atomic E-state index is 12.5. The Balaban J connectivity index is 1.77. The van der Waals surface area contributed by atoms with Gasteiger partial charge in [-0.05, 0) is 17.7 Å². The zero-order chi connectivity index (χ0) is 18.1. The molecule has 0 bridgehead atoms. The lowest BCUT2D eigenvalue weighted by molar-refractivity contribution is -0.159. The second-order valence-corrected chi connectivity index (χ2v) is 7.28. The summed E-state index contributed by atoms with van der Waals surface area (Å²) in [6.07, 6.45) is -0.760. The van der Waals surface area contributed by atoms with Crippen molar-refractivity contribution in [3.63, 3.8) is 0 Å². The third-order valence-electron chi connectivity index (χ3n) is 3.09. The van der Waals surface area contributed by atoms with E-state index in [-0.39, 0.29) is 17.3 Å². The van der Waals surface area contributed by atoms with Crippen LogP contribution in [0.2, 0.25) is 0 Å². The van der Waals surface area contributed by atoms with Gasteiger partial charge in [0.1, 0.15) is 6.26 Å². The first-order valence-corrected chi connectivity index (χ1v) is 8.75. The Kier molecular flexibility index (Phi) is 4.33. The number of aromatic nitrogens is 3. The van der Waals surface area contributed by atoms with E-state index in [1.807, 2.05) is 0 Å². The summed E-state index contributed by atoms with van der Waals surface area (Å²) in [7, 11) is -2.75. The number of nitrogens with zero attached hydrogens (tertiary/aromatic N) is 4. The molecule has 132 valence electrons. The van der Waals surface area contributed by atoms with Gasteiger partial charge in [0.25, 0.3) is 0 Å². The van der Waals surface area contributed by atoms with E-state index in [0.717, 1.165) is 6.39 Å². The Bertz CT molecular complexity index is 972. The van der Waals surface area contributed by atoms with Gasteiger partial charge in [-0.3, -0.25) is 0 Å². The van der Waals surface area contributed by atoms with Crippen LogP contribution in [0.3, 0.4) is 0 Å². The second-order valence-electron chi connectivity index (χ2n) is 5.08. The van der Waals surface area contributed by atoms with Crippen molar-refractivity contribution in [1.29, 1.82) is 0 Å². The maximum absolute atomic E-state index is 12.5. The van der Waals surface area contributed by atoms with Crippen LogP contribution in [0, 0.1) is 0 Å². The molecule has 0 saturated heterocycles. The molecule has 3 rings (SSSR count). The first-order chi connectivity index (χ1) is 11.7. The molecule has 1 atom stereocenters. The third kappa shape index (κ3) is 4.05. The van der Waals surface area contributed by atoms with Crippen LogP contribution < -0.4 is 0 Å². The van der Waals surface area contributed by atoms with Crippen molar-refractivity contribution in [3.8, 4) is 0 Å². The van der Waals surface area contributed by atoms with Crippen LogP contribution in [-0.4, -0.2) is 25.6 Å². The lowest BCUT2D eigenvalue weighted by Crippen LogP contribution is -2.05.